The van der Waals surface area contributed by atoms with E-state index in [4.69, 9.17) is 5.73 Å². The molecule has 0 saturated carbocycles. The van der Waals surface area contributed by atoms with E-state index in [0.29, 0.717) is 5.54 Å². The molecule has 0 bridgehead atoms. The zero-order chi connectivity index (χ0) is 10.5. The second-order valence-corrected chi connectivity index (χ2v) is 4.78. The van der Waals surface area contributed by atoms with Crippen molar-refractivity contribution in [2.45, 2.75) is 46.6 Å². The summed E-state index contributed by atoms with van der Waals surface area (Å²) in [6.07, 6.45) is 1.24. The Bertz CT molecular complexity index is 130. The first-order valence-electron chi connectivity index (χ1n) is 5.39. The Balaban J connectivity index is 4.19. The zero-order valence-corrected chi connectivity index (χ0v) is 9.93. The molecule has 0 heterocycles. The fourth-order valence-corrected chi connectivity index (χ4v) is 2.17. The van der Waals surface area contributed by atoms with Gasteiger partial charge in [0.15, 0.2) is 0 Å². The molecule has 0 atom stereocenters. The lowest BCUT2D eigenvalue weighted by atomic mass is 9.91. The van der Waals surface area contributed by atoms with E-state index in [0.717, 1.165) is 25.6 Å². The van der Waals surface area contributed by atoms with Gasteiger partial charge in [-0.1, -0.05) is 20.8 Å². The molecule has 0 aliphatic rings. The first-order valence-corrected chi connectivity index (χ1v) is 5.39. The van der Waals surface area contributed by atoms with Crippen LogP contribution in [-0.4, -0.2) is 30.1 Å². The molecule has 0 aliphatic heterocycles. The smallest absolute Gasteiger partial charge is 0.0156 e. The molecular formula is C11H26N2. The van der Waals surface area contributed by atoms with Crippen LogP contribution in [0.3, 0.4) is 0 Å². The molecule has 0 aromatic heterocycles. The standard InChI is InChI=1S/C11H26N2/c1-6-13(8-7-12)11(4,5)9-10(2)3/h10H,6-9,12H2,1-5H3. The topological polar surface area (TPSA) is 29.3 Å². The monoisotopic (exact) mass is 186 g/mol. The van der Waals surface area contributed by atoms with Gasteiger partial charge in [0.05, 0.1) is 0 Å². The van der Waals surface area contributed by atoms with Crippen molar-refractivity contribution < 1.29 is 0 Å². The highest BCUT2D eigenvalue weighted by atomic mass is 15.2. The van der Waals surface area contributed by atoms with Crippen LogP contribution in [0.25, 0.3) is 0 Å². The predicted molar refractivity (Wildman–Crippen MR) is 59.8 cm³/mol. The van der Waals surface area contributed by atoms with Crippen LogP contribution >= 0.6 is 0 Å². The second kappa shape index (κ2) is 5.61. The highest BCUT2D eigenvalue weighted by molar-refractivity contribution is 4.81. The molecule has 13 heavy (non-hydrogen) atoms. The summed E-state index contributed by atoms with van der Waals surface area (Å²) in [7, 11) is 0. The van der Waals surface area contributed by atoms with Gasteiger partial charge < -0.3 is 5.73 Å². The van der Waals surface area contributed by atoms with E-state index in [1.54, 1.807) is 0 Å². The third kappa shape index (κ3) is 4.63. The van der Waals surface area contributed by atoms with Crippen molar-refractivity contribution >= 4 is 0 Å². The average Bonchev–Trinajstić information content (AvgIpc) is 1.97. The summed E-state index contributed by atoms with van der Waals surface area (Å²) in [5.41, 5.74) is 5.88. The van der Waals surface area contributed by atoms with Crippen LogP contribution in [0.4, 0.5) is 0 Å². The maximum atomic E-state index is 5.59. The molecule has 0 saturated heterocycles. The van der Waals surface area contributed by atoms with Gasteiger partial charge in [-0.05, 0) is 32.7 Å². The van der Waals surface area contributed by atoms with Crippen molar-refractivity contribution in [1.29, 1.82) is 0 Å². The number of nitrogens with two attached hydrogens (primary N) is 1. The van der Waals surface area contributed by atoms with E-state index < -0.39 is 0 Å². The predicted octanol–water partition coefficient (Wildman–Crippen LogP) is 2.09. The lowest BCUT2D eigenvalue weighted by Gasteiger charge is -2.39. The Morgan fingerprint density at radius 2 is 1.85 bits per heavy atom. The van der Waals surface area contributed by atoms with Gasteiger partial charge in [-0.25, -0.2) is 0 Å². The van der Waals surface area contributed by atoms with Crippen LogP contribution < -0.4 is 5.73 Å². The molecule has 0 rings (SSSR count). The Morgan fingerprint density at radius 3 is 2.15 bits per heavy atom. The quantitative estimate of drug-likeness (QED) is 0.688. The number of rotatable bonds is 6. The summed E-state index contributed by atoms with van der Waals surface area (Å²) >= 11 is 0. The minimum atomic E-state index is 0.294. The third-order valence-electron chi connectivity index (χ3n) is 2.54. The van der Waals surface area contributed by atoms with Gasteiger partial charge >= 0.3 is 0 Å². The Labute approximate surface area is 83.5 Å². The largest absolute Gasteiger partial charge is 0.329 e. The van der Waals surface area contributed by atoms with Crippen molar-refractivity contribution in [1.82, 2.24) is 4.90 Å². The molecule has 0 aliphatic carbocycles. The van der Waals surface area contributed by atoms with Crippen LogP contribution in [0.1, 0.15) is 41.0 Å². The highest BCUT2D eigenvalue weighted by Gasteiger charge is 2.25. The van der Waals surface area contributed by atoms with E-state index in [9.17, 15) is 0 Å². The molecular weight excluding hydrogens is 160 g/mol. The van der Waals surface area contributed by atoms with Crippen LogP contribution in [0.5, 0.6) is 0 Å². The van der Waals surface area contributed by atoms with Gasteiger partial charge in [-0.3, -0.25) is 4.90 Å². The first-order chi connectivity index (χ1) is 5.94. The summed E-state index contributed by atoms with van der Waals surface area (Å²) in [4.78, 5) is 2.47. The normalized spacial score (nSPS) is 12.9. The first kappa shape index (κ1) is 12.9. The highest BCUT2D eigenvalue weighted by Crippen LogP contribution is 2.22. The molecule has 2 nitrogen and oxygen atoms in total. The van der Waals surface area contributed by atoms with Crippen LogP contribution in [0, 0.1) is 5.92 Å². The fourth-order valence-electron chi connectivity index (χ4n) is 2.17. The van der Waals surface area contributed by atoms with Gasteiger partial charge in [0, 0.05) is 18.6 Å². The van der Waals surface area contributed by atoms with Crippen molar-refractivity contribution in [3.63, 3.8) is 0 Å². The van der Waals surface area contributed by atoms with Gasteiger partial charge in [-0.2, -0.15) is 0 Å². The van der Waals surface area contributed by atoms with Crippen molar-refractivity contribution in [3.05, 3.63) is 0 Å². The summed E-state index contributed by atoms with van der Waals surface area (Å²) in [6, 6.07) is 0. The van der Waals surface area contributed by atoms with E-state index in [1.807, 2.05) is 0 Å². The fraction of sp³-hybridized carbons (Fsp3) is 1.00. The molecule has 0 fully saturated rings. The zero-order valence-electron chi connectivity index (χ0n) is 9.93. The lowest BCUT2D eigenvalue weighted by molar-refractivity contribution is 0.108. The van der Waals surface area contributed by atoms with Gasteiger partial charge in [0.25, 0.3) is 0 Å². The maximum absolute atomic E-state index is 5.59. The van der Waals surface area contributed by atoms with Crippen LogP contribution in [0.15, 0.2) is 0 Å². The van der Waals surface area contributed by atoms with E-state index >= 15 is 0 Å². The Hall–Kier alpha value is -0.0800. The second-order valence-electron chi connectivity index (χ2n) is 4.78. The van der Waals surface area contributed by atoms with Crippen molar-refractivity contribution in [2.75, 3.05) is 19.6 Å². The van der Waals surface area contributed by atoms with Crippen molar-refractivity contribution in [3.8, 4) is 0 Å². The van der Waals surface area contributed by atoms with Gasteiger partial charge in [-0.15, -0.1) is 0 Å². The van der Waals surface area contributed by atoms with Crippen LogP contribution in [0.2, 0.25) is 0 Å². The summed E-state index contributed by atoms with van der Waals surface area (Å²) < 4.78 is 0. The molecule has 0 aromatic carbocycles. The summed E-state index contributed by atoms with van der Waals surface area (Å²) in [6.45, 7) is 14.2. The number of likely N-dealkylation sites (N-methyl/N-ethyl adjacent to an activating group) is 1. The maximum Gasteiger partial charge on any atom is 0.0156 e. The average molecular weight is 186 g/mol. The summed E-state index contributed by atoms with van der Waals surface area (Å²) in [5, 5.41) is 0. The molecule has 2 N–H and O–H groups in total. The third-order valence-corrected chi connectivity index (χ3v) is 2.54. The molecule has 0 radical (unpaired) electrons. The Morgan fingerprint density at radius 1 is 1.31 bits per heavy atom. The SMILES string of the molecule is CCN(CCN)C(C)(C)CC(C)C. The number of hydrogen-bond donors (Lipinski definition) is 1. The van der Waals surface area contributed by atoms with Gasteiger partial charge in [0.2, 0.25) is 0 Å². The Kier molecular flexibility index (Phi) is 5.57. The minimum Gasteiger partial charge on any atom is -0.329 e. The number of nitrogens with zero attached hydrogens (tertiary/aromatic N) is 1. The molecule has 0 spiro atoms. The van der Waals surface area contributed by atoms with Gasteiger partial charge in [0.1, 0.15) is 0 Å². The molecule has 0 aromatic rings. The molecule has 80 valence electrons. The van der Waals surface area contributed by atoms with E-state index in [1.165, 1.54) is 6.42 Å². The summed E-state index contributed by atoms with van der Waals surface area (Å²) in [5.74, 6) is 0.752. The lowest BCUT2D eigenvalue weighted by Crippen LogP contribution is -2.46. The minimum absolute atomic E-state index is 0.294. The number of hydrogen-bond acceptors (Lipinski definition) is 2. The van der Waals surface area contributed by atoms with E-state index in [-0.39, 0.29) is 0 Å². The van der Waals surface area contributed by atoms with E-state index in [2.05, 4.69) is 39.5 Å². The molecule has 2 heteroatoms. The molecule has 0 unspecified atom stereocenters. The van der Waals surface area contributed by atoms with Crippen molar-refractivity contribution in [2.24, 2.45) is 11.7 Å². The van der Waals surface area contributed by atoms with Crippen LogP contribution in [-0.2, 0) is 0 Å². The molecule has 0 amide bonds.